The molecule has 2 saturated heterocycles. The fourth-order valence-corrected chi connectivity index (χ4v) is 4.38. The number of benzene rings is 1. The van der Waals surface area contributed by atoms with E-state index in [1.54, 1.807) is 18.9 Å². The number of nitrogens with two attached hydrogens (primary N) is 1. The van der Waals surface area contributed by atoms with Crippen LogP contribution in [0.15, 0.2) is 30.3 Å². The van der Waals surface area contributed by atoms with Gasteiger partial charge in [0.1, 0.15) is 0 Å². The first kappa shape index (κ1) is 23.8. The molecule has 30 heavy (non-hydrogen) atoms. The zero-order valence-corrected chi connectivity index (χ0v) is 17.8. The van der Waals surface area contributed by atoms with E-state index in [1.807, 2.05) is 23.1 Å². The molecule has 0 aromatic heterocycles. The molecule has 166 valence electrons. The monoisotopic (exact) mass is 419 g/mol. The molecule has 8 nitrogen and oxygen atoms in total. The minimum absolute atomic E-state index is 0.00808. The molecule has 0 saturated carbocycles. The molecule has 2 amide bonds. The number of carbonyl (C=O) groups is 3. The van der Waals surface area contributed by atoms with Crippen molar-refractivity contribution in [1.29, 1.82) is 0 Å². The van der Waals surface area contributed by atoms with Crippen molar-refractivity contribution < 1.29 is 24.2 Å². The Morgan fingerprint density at radius 3 is 2.27 bits per heavy atom. The highest BCUT2D eigenvalue weighted by Gasteiger charge is 2.39. The molecule has 0 spiro atoms. The van der Waals surface area contributed by atoms with Crippen molar-refractivity contribution in [3.05, 3.63) is 35.9 Å². The van der Waals surface area contributed by atoms with Crippen LogP contribution in [0, 0.1) is 5.92 Å². The van der Waals surface area contributed by atoms with Crippen LogP contribution in [0.3, 0.4) is 0 Å². The van der Waals surface area contributed by atoms with Crippen molar-refractivity contribution in [2.24, 2.45) is 11.7 Å². The fraction of sp³-hybridized carbons (Fsp3) is 0.591. The standard InChI is InChI=1S/C21H31N3O3.CH2O2/c1-16(25)24-14-17(8-9-19(22)15-24)20(26)23-12-10-21(27-2,11-13-23)18-6-4-3-5-7-18;2-1-3/h3-7,17,19H,8-15,22H2,1-2H3;1H,(H,2,3)/t17-,19+;/m1./s1. The van der Waals surface area contributed by atoms with Crippen LogP contribution in [0.25, 0.3) is 0 Å². The highest BCUT2D eigenvalue weighted by atomic mass is 16.5. The average molecular weight is 420 g/mol. The maximum Gasteiger partial charge on any atom is 0.290 e. The number of likely N-dealkylation sites (tertiary alicyclic amines) is 2. The molecule has 3 rings (SSSR count). The first-order chi connectivity index (χ1) is 14.4. The van der Waals surface area contributed by atoms with E-state index in [9.17, 15) is 9.59 Å². The lowest BCUT2D eigenvalue weighted by molar-refractivity contribution is -0.143. The Hall–Kier alpha value is -2.45. The lowest BCUT2D eigenvalue weighted by Gasteiger charge is -2.42. The summed E-state index contributed by atoms with van der Waals surface area (Å²) in [4.78, 5) is 37.0. The van der Waals surface area contributed by atoms with Crippen LogP contribution < -0.4 is 5.73 Å². The van der Waals surface area contributed by atoms with E-state index < -0.39 is 0 Å². The van der Waals surface area contributed by atoms with E-state index in [2.05, 4.69) is 12.1 Å². The minimum atomic E-state index is -0.324. The molecule has 8 heteroatoms. The molecule has 0 bridgehead atoms. The molecular formula is C22H33N3O5. The van der Waals surface area contributed by atoms with Gasteiger partial charge >= 0.3 is 0 Å². The number of hydrogen-bond donors (Lipinski definition) is 2. The second-order valence-corrected chi connectivity index (χ2v) is 7.95. The zero-order valence-electron chi connectivity index (χ0n) is 17.8. The van der Waals surface area contributed by atoms with Crippen LogP contribution in [0.2, 0.25) is 0 Å². The van der Waals surface area contributed by atoms with Crippen molar-refractivity contribution in [3.8, 4) is 0 Å². The number of hydrogen-bond acceptors (Lipinski definition) is 5. The molecule has 2 heterocycles. The maximum atomic E-state index is 13.1. The second kappa shape index (κ2) is 11.1. The van der Waals surface area contributed by atoms with Gasteiger partial charge in [-0.25, -0.2) is 0 Å². The third kappa shape index (κ3) is 5.79. The molecule has 1 aromatic rings. The fourth-order valence-electron chi connectivity index (χ4n) is 4.38. The summed E-state index contributed by atoms with van der Waals surface area (Å²) in [7, 11) is 1.75. The predicted octanol–water partition coefficient (Wildman–Crippen LogP) is 1.44. The summed E-state index contributed by atoms with van der Waals surface area (Å²) in [5.41, 5.74) is 6.93. The number of carbonyl (C=O) groups excluding carboxylic acids is 2. The van der Waals surface area contributed by atoms with Gasteiger partial charge in [0.25, 0.3) is 6.47 Å². The normalized spacial score (nSPS) is 23.6. The molecule has 0 unspecified atom stereocenters. The molecule has 1 aromatic carbocycles. The van der Waals surface area contributed by atoms with Gasteiger partial charge in [0.05, 0.1) is 11.5 Å². The van der Waals surface area contributed by atoms with E-state index in [4.69, 9.17) is 20.4 Å². The van der Waals surface area contributed by atoms with Crippen LogP contribution in [-0.2, 0) is 24.7 Å². The summed E-state index contributed by atoms with van der Waals surface area (Å²) in [5.74, 6) is -0.0198. The summed E-state index contributed by atoms with van der Waals surface area (Å²) in [6.45, 7) is 3.66. The smallest absolute Gasteiger partial charge is 0.290 e. The summed E-state index contributed by atoms with van der Waals surface area (Å²) >= 11 is 0. The van der Waals surface area contributed by atoms with E-state index in [0.29, 0.717) is 26.2 Å². The summed E-state index contributed by atoms with van der Waals surface area (Å²) in [6.07, 6.45) is 3.08. The molecule has 2 aliphatic rings. The first-order valence-electron chi connectivity index (χ1n) is 10.3. The number of carboxylic acid groups (broad SMARTS) is 1. The molecule has 3 N–H and O–H groups in total. The highest BCUT2D eigenvalue weighted by Crippen LogP contribution is 2.36. The van der Waals surface area contributed by atoms with Gasteiger partial charge in [0, 0.05) is 46.3 Å². The molecule has 2 fully saturated rings. The van der Waals surface area contributed by atoms with Gasteiger partial charge < -0.3 is 25.4 Å². The van der Waals surface area contributed by atoms with Crippen LogP contribution >= 0.6 is 0 Å². The van der Waals surface area contributed by atoms with Gasteiger partial charge in [-0.3, -0.25) is 14.4 Å². The van der Waals surface area contributed by atoms with E-state index in [0.717, 1.165) is 25.7 Å². The lowest BCUT2D eigenvalue weighted by atomic mass is 9.83. The SMILES string of the molecule is COC1(c2ccccc2)CCN(C(=O)[C@@H]2CC[C@H](N)CN(C(C)=O)C2)CC1.O=CO. The van der Waals surface area contributed by atoms with Crippen molar-refractivity contribution >= 4 is 18.3 Å². The maximum absolute atomic E-state index is 13.1. The number of nitrogens with zero attached hydrogens (tertiary/aromatic N) is 2. The lowest BCUT2D eigenvalue weighted by Crippen LogP contribution is -2.49. The van der Waals surface area contributed by atoms with Gasteiger partial charge in [-0.15, -0.1) is 0 Å². The quantitative estimate of drug-likeness (QED) is 0.717. The summed E-state index contributed by atoms with van der Waals surface area (Å²) in [5, 5.41) is 6.89. The summed E-state index contributed by atoms with van der Waals surface area (Å²) < 4.78 is 5.91. The van der Waals surface area contributed by atoms with Crippen LogP contribution in [0.1, 0.15) is 38.2 Å². The number of piperidine rings is 1. The van der Waals surface area contributed by atoms with E-state index in [-0.39, 0.29) is 35.8 Å². The Balaban J connectivity index is 0.00000101. The van der Waals surface area contributed by atoms with E-state index >= 15 is 0 Å². The van der Waals surface area contributed by atoms with Gasteiger partial charge in [-0.2, -0.15) is 0 Å². The molecular weight excluding hydrogens is 386 g/mol. The first-order valence-corrected chi connectivity index (χ1v) is 10.3. The Bertz CT molecular complexity index is 704. The van der Waals surface area contributed by atoms with Crippen molar-refractivity contribution in [2.45, 2.75) is 44.2 Å². The average Bonchev–Trinajstić information content (AvgIpc) is 2.96. The second-order valence-electron chi connectivity index (χ2n) is 7.95. The number of rotatable bonds is 3. The summed E-state index contributed by atoms with van der Waals surface area (Å²) in [6, 6.07) is 10.2. The number of amides is 2. The van der Waals surface area contributed by atoms with Crippen LogP contribution in [0.5, 0.6) is 0 Å². The third-order valence-corrected chi connectivity index (χ3v) is 6.15. The predicted molar refractivity (Wildman–Crippen MR) is 113 cm³/mol. The molecule has 0 radical (unpaired) electrons. The van der Waals surface area contributed by atoms with Crippen molar-refractivity contribution in [3.63, 3.8) is 0 Å². The molecule has 2 aliphatic heterocycles. The van der Waals surface area contributed by atoms with Crippen molar-refractivity contribution in [2.75, 3.05) is 33.3 Å². The molecule has 0 aliphatic carbocycles. The van der Waals surface area contributed by atoms with Crippen LogP contribution in [0.4, 0.5) is 0 Å². The van der Waals surface area contributed by atoms with Gasteiger partial charge in [-0.05, 0) is 31.2 Å². The third-order valence-electron chi connectivity index (χ3n) is 6.15. The largest absolute Gasteiger partial charge is 0.483 e. The Kier molecular flexibility index (Phi) is 8.80. The number of methoxy groups -OCH3 is 1. The topological polar surface area (TPSA) is 113 Å². The Labute approximate surface area is 178 Å². The highest BCUT2D eigenvalue weighted by molar-refractivity contribution is 5.80. The Morgan fingerprint density at radius 1 is 1.13 bits per heavy atom. The van der Waals surface area contributed by atoms with Gasteiger partial charge in [-0.1, -0.05) is 30.3 Å². The molecule has 2 atom stereocenters. The van der Waals surface area contributed by atoms with Gasteiger partial charge in [0.2, 0.25) is 11.8 Å². The Morgan fingerprint density at radius 2 is 1.73 bits per heavy atom. The number of ether oxygens (including phenoxy) is 1. The van der Waals surface area contributed by atoms with Crippen molar-refractivity contribution in [1.82, 2.24) is 9.80 Å². The van der Waals surface area contributed by atoms with Crippen LogP contribution in [-0.4, -0.2) is 72.5 Å². The zero-order chi connectivity index (χ0) is 22.1. The minimum Gasteiger partial charge on any atom is -0.483 e. The van der Waals surface area contributed by atoms with E-state index in [1.165, 1.54) is 5.56 Å². The van der Waals surface area contributed by atoms with Gasteiger partial charge in [0.15, 0.2) is 0 Å².